The minimum absolute atomic E-state index is 0.119. The maximum absolute atomic E-state index is 13.2. The molecule has 2 N–H and O–H groups in total. The lowest BCUT2D eigenvalue weighted by Crippen LogP contribution is -2.46. The second kappa shape index (κ2) is 12.9. The number of fused-ring (bicyclic) bond motifs is 1. The third kappa shape index (κ3) is 8.93. The Morgan fingerprint density at radius 2 is 1.72 bits per heavy atom. The molecule has 0 saturated heterocycles. The Morgan fingerprint density at radius 1 is 1.06 bits per heavy atom. The monoisotopic (exact) mass is 519 g/mol. The van der Waals surface area contributed by atoms with Gasteiger partial charge in [-0.1, -0.05) is 62.2 Å². The number of hydrogen-bond acceptors (Lipinski definition) is 6. The van der Waals surface area contributed by atoms with E-state index in [9.17, 15) is 27.9 Å². The van der Waals surface area contributed by atoms with Crippen molar-refractivity contribution in [2.75, 3.05) is 18.1 Å². The van der Waals surface area contributed by atoms with Crippen LogP contribution in [0, 0.1) is 11.3 Å². The van der Waals surface area contributed by atoms with Crippen LogP contribution in [0.5, 0.6) is 0 Å². The highest BCUT2D eigenvalue weighted by Crippen LogP contribution is 2.23. The normalized spacial score (nSPS) is 13.7. The summed E-state index contributed by atoms with van der Waals surface area (Å²) < 4.78 is 31.0. The van der Waals surface area contributed by atoms with Crippen molar-refractivity contribution in [3.8, 4) is 0 Å². The summed E-state index contributed by atoms with van der Waals surface area (Å²) in [4.78, 5) is 36.9. The third-order valence-electron chi connectivity index (χ3n) is 5.87. The molecule has 2 aromatic rings. The van der Waals surface area contributed by atoms with Crippen LogP contribution >= 0.6 is 0 Å². The number of hydrogen-bond donors (Lipinski definition) is 2. The molecule has 8 nitrogen and oxygen atoms in total. The summed E-state index contributed by atoms with van der Waals surface area (Å²) in [5, 5.41) is 13.9. The van der Waals surface area contributed by atoms with Crippen LogP contribution in [0.25, 0.3) is 10.8 Å². The second-order valence-electron chi connectivity index (χ2n) is 10.1. The summed E-state index contributed by atoms with van der Waals surface area (Å²) in [5.41, 5.74) is 0.0354. The number of carbonyl (C=O) groups excluding carboxylic acids is 2. The Hall–Kier alpha value is -2.94. The number of ether oxygens (including phenoxy) is 1. The van der Waals surface area contributed by atoms with Crippen LogP contribution in [-0.4, -0.2) is 55.5 Å². The molecule has 0 spiro atoms. The lowest BCUT2D eigenvalue weighted by Gasteiger charge is -2.21. The lowest BCUT2D eigenvalue weighted by atomic mass is 9.95. The molecule has 0 fully saturated rings. The number of aliphatic carboxylic acids is 1. The molecule has 2 atom stereocenters. The Labute approximate surface area is 213 Å². The Balaban J connectivity index is 2.26. The van der Waals surface area contributed by atoms with Gasteiger partial charge in [-0.05, 0) is 49.9 Å². The van der Waals surface area contributed by atoms with Gasteiger partial charge in [0.25, 0.3) is 0 Å². The van der Waals surface area contributed by atoms with E-state index in [1.54, 1.807) is 20.8 Å². The van der Waals surface area contributed by atoms with Crippen molar-refractivity contribution in [1.82, 2.24) is 5.32 Å². The van der Waals surface area contributed by atoms with Gasteiger partial charge in [0.15, 0.2) is 9.84 Å². The zero-order valence-electron chi connectivity index (χ0n) is 21.5. The van der Waals surface area contributed by atoms with Crippen LogP contribution in [0.1, 0.15) is 52.5 Å². The maximum Gasteiger partial charge on any atom is 0.326 e. The molecule has 0 heterocycles. The Kier molecular flexibility index (Phi) is 10.5. The molecule has 0 bridgehead atoms. The van der Waals surface area contributed by atoms with Gasteiger partial charge in [-0.3, -0.25) is 9.59 Å². The lowest BCUT2D eigenvalue weighted by molar-refractivity contribution is -0.152. The van der Waals surface area contributed by atoms with E-state index in [0.717, 1.165) is 22.8 Å². The third-order valence-corrected chi connectivity index (χ3v) is 7.57. The standard InChI is InChI=1S/C27H37NO7S/c1-5-6-14-23(25(30)31)28-24(29)21(17-20-12-9-11-19-10-7-8-13-22(19)20)18-36(33,34)16-15-35-26(32)27(2,3)4/h7-13,21,23H,5-6,14-18H2,1-4H3,(H,28,29)(H,30,31)/t21-,23+/m1/s1. The molecular weight excluding hydrogens is 482 g/mol. The zero-order valence-corrected chi connectivity index (χ0v) is 22.3. The average Bonchev–Trinajstić information content (AvgIpc) is 2.80. The summed E-state index contributed by atoms with van der Waals surface area (Å²) in [5.74, 6) is -4.22. The average molecular weight is 520 g/mol. The molecular formula is C27H37NO7S. The minimum atomic E-state index is -3.80. The van der Waals surface area contributed by atoms with Crippen LogP contribution in [0.15, 0.2) is 42.5 Å². The number of unbranched alkanes of at least 4 members (excludes halogenated alkanes) is 1. The minimum Gasteiger partial charge on any atom is -0.480 e. The van der Waals surface area contributed by atoms with Gasteiger partial charge in [-0.2, -0.15) is 0 Å². The highest BCUT2D eigenvalue weighted by molar-refractivity contribution is 7.91. The van der Waals surface area contributed by atoms with Gasteiger partial charge < -0.3 is 15.2 Å². The fourth-order valence-electron chi connectivity index (χ4n) is 3.79. The molecule has 36 heavy (non-hydrogen) atoms. The molecule has 0 radical (unpaired) electrons. The molecule has 0 aliphatic heterocycles. The first kappa shape index (κ1) is 29.3. The van der Waals surface area contributed by atoms with Gasteiger partial charge in [-0.15, -0.1) is 0 Å². The first-order valence-corrected chi connectivity index (χ1v) is 14.0. The zero-order chi connectivity index (χ0) is 26.9. The topological polar surface area (TPSA) is 127 Å². The van der Waals surface area contributed by atoms with Crippen LogP contribution in [-0.2, 0) is 35.4 Å². The highest BCUT2D eigenvalue weighted by atomic mass is 32.2. The number of benzene rings is 2. The van der Waals surface area contributed by atoms with E-state index < -0.39 is 56.6 Å². The summed E-state index contributed by atoms with van der Waals surface area (Å²) >= 11 is 0. The highest BCUT2D eigenvalue weighted by Gasteiger charge is 2.30. The van der Waals surface area contributed by atoms with Crippen molar-refractivity contribution in [3.63, 3.8) is 0 Å². The number of carboxylic acids is 1. The van der Waals surface area contributed by atoms with E-state index in [1.165, 1.54) is 0 Å². The van der Waals surface area contributed by atoms with Crippen LogP contribution in [0.3, 0.4) is 0 Å². The SMILES string of the molecule is CCCC[C@H](NC(=O)[C@H](Cc1cccc2ccccc12)CS(=O)(=O)CCOC(=O)C(C)(C)C)C(=O)O. The quantitative estimate of drug-likeness (QED) is 0.386. The summed E-state index contributed by atoms with van der Waals surface area (Å²) in [6.07, 6.45) is 1.76. The molecule has 0 saturated carbocycles. The molecule has 0 aliphatic rings. The number of rotatable bonds is 13. The first-order chi connectivity index (χ1) is 16.8. The molecule has 0 aromatic heterocycles. The van der Waals surface area contributed by atoms with Gasteiger partial charge in [0, 0.05) is 0 Å². The predicted octanol–water partition coefficient (Wildman–Crippen LogP) is 3.76. The Morgan fingerprint density at radius 3 is 2.36 bits per heavy atom. The van der Waals surface area contributed by atoms with Crippen molar-refractivity contribution in [1.29, 1.82) is 0 Å². The molecule has 0 unspecified atom stereocenters. The predicted molar refractivity (Wildman–Crippen MR) is 139 cm³/mol. The van der Waals surface area contributed by atoms with Gasteiger partial charge >= 0.3 is 11.9 Å². The first-order valence-electron chi connectivity index (χ1n) is 12.2. The number of nitrogens with one attached hydrogen (secondary N) is 1. The van der Waals surface area contributed by atoms with E-state index in [4.69, 9.17) is 4.74 Å². The van der Waals surface area contributed by atoms with E-state index in [0.29, 0.717) is 6.42 Å². The van der Waals surface area contributed by atoms with Crippen LogP contribution in [0.4, 0.5) is 0 Å². The van der Waals surface area contributed by atoms with Gasteiger partial charge in [0.1, 0.15) is 12.6 Å². The van der Waals surface area contributed by atoms with Crippen molar-refractivity contribution < 1.29 is 32.6 Å². The van der Waals surface area contributed by atoms with Crippen LogP contribution in [0.2, 0.25) is 0 Å². The van der Waals surface area contributed by atoms with Crippen molar-refractivity contribution in [3.05, 3.63) is 48.0 Å². The number of esters is 1. The second-order valence-corrected chi connectivity index (χ2v) is 12.3. The van der Waals surface area contributed by atoms with E-state index in [2.05, 4.69) is 5.32 Å². The number of sulfone groups is 1. The summed E-state index contributed by atoms with van der Waals surface area (Å²) in [6.45, 7) is 6.63. The maximum atomic E-state index is 13.2. The number of carboxylic acid groups (broad SMARTS) is 1. The molecule has 2 aromatic carbocycles. The van der Waals surface area contributed by atoms with Crippen molar-refractivity contribution in [2.24, 2.45) is 11.3 Å². The van der Waals surface area contributed by atoms with Gasteiger partial charge in [0.05, 0.1) is 22.8 Å². The van der Waals surface area contributed by atoms with Gasteiger partial charge in [0.2, 0.25) is 5.91 Å². The van der Waals surface area contributed by atoms with Crippen molar-refractivity contribution >= 4 is 38.5 Å². The fraction of sp³-hybridized carbons (Fsp3) is 0.519. The van der Waals surface area contributed by atoms with Crippen molar-refractivity contribution in [2.45, 2.75) is 59.4 Å². The largest absolute Gasteiger partial charge is 0.480 e. The smallest absolute Gasteiger partial charge is 0.326 e. The molecule has 198 valence electrons. The Bertz CT molecular complexity index is 1160. The van der Waals surface area contributed by atoms with Gasteiger partial charge in [-0.25, -0.2) is 13.2 Å². The number of carbonyl (C=O) groups is 3. The van der Waals surface area contributed by atoms with E-state index >= 15 is 0 Å². The fourth-order valence-corrected chi connectivity index (χ4v) is 5.17. The molecule has 2 rings (SSSR count). The van der Waals surface area contributed by atoms with E-state index in [1.807, 2.05) is 49.4 Å². The summed E-state index contributed by atoms with van der Waals surface area (Å²) in [6, 6.07) is 12.1. The summed E-state index contributed by atoms with van der Waals surface area (Å²) in [7, 11) is -3.80. The molecule has 1 amide bonds. The molecule has 0 aliphatic carbocycles. The van der Waals surface area contributed by atoms with Crippen LogP contribution < -0.4 is 5.32 Å². The van der Waals surface area contributed by atoms with E-state index in [-0.39, 0.29) is 19.4 Å². The number of amides is 1. The molecule has 9 heteroatoms.